The molecule has 0 rings (SSSR count). The van der Waals surface area contributed by atoms with Crippen molar-refractivity contribution in [2.75, 3.05) is 0 Å². The molecule has 11 heteroatoms. The first-order valence-electron chi connectivity index (χ1n) is 1.10. The maximum Gasteiger partial charge on any atom is 3.00 e. The van der Waals surface area contributed by atoms with Gasteiger partial charge in [0.15, 0.2) is 0 Å². The fourth-order valence-electron chi connectivity index (χ4n) is 0. The molecule has 2 N–H and O–H groups in total. The zero-order chi connectivity index (χ0) is 8.12. The van der Waals surface area contributed by atoms with Crippen LogP contribution in [0.5, 0.6) is 0 Å². The molecule has 7 nitrogen and oxygen atoms in total. The van der Waals surface area contributed by atoms with E-state index < -0.39 is 26.1 Å². The Kier molecular flexibility index (Phi) is 176. The molecule has 0 aliphatic carbocycles. The van der Waals surface area contributed by atoms with Gasteiger partial charge in [-0.15, -0.1) is 0 Å². The molecule has 0 unspecified atom stereocenters. The molecular formula is H2O7P3Y. The molecule has 0 atom stereocenters. The molecule has 0 aliphatic heterocycles. The molecule has 62 valence electrons. The van der Waals surface area contributed by atoms with Crippen molar-refractivity contribution in [1.29, 1.82) is 0 Å². The van der Waals surface area contributed by atoms with Crippen LogP contribution in [-0.2, 0) is 46.4 Å². The van der Waals surface area contributed by atoms with Crippen LogP contribution in [0.15, 0.2) is 0 Å². The van der Waals surface area contributed by atoms with E-state index in [0.29, 0.717) is 0 Å². The van der Waals surface area contributed by atoms with Crippen LogP contribution in [0.3, 0.4) is 0 Å². The number of hydrogen-bond acceptors (Lipinski definition) is 6. The van der Waals surface area contributed by atoms with Crippen molar-refractivity contribution in [2.24, 2.45) is 0 Å². The predicted molar refractivity (Wildman–Crippen MR) is 26.4 cm³/mol. The topological polar surface area (TPSA) is 152 Å². The summed E-state index contributed by atoms with van der Waals surface area (Å²) >= 11 is 0. The summed E-state index contributed by atoms with van der Waals surface area (Å²) in [4.78, 5) is 25.0. The first-order valence-corrected chi connectivity index (χ1v) is 3.29. The molecule has 0 radical (unpaired) electrons. The molecule has 0 bridgehead atoms. The Morgan fingerprint density at radius 3 is 0.727 bits per heavy atom. The van der Waals surface area contributed by atoms with Gasteiger partial charge in [0.25, 0.3) is 0 Å². The van der Waals surface area contributed by atoms with Gasteiger partial charge in [-0.1, -0.05) is 0 Å². The van der Waals surface area contributed by atoms with E-state index in [-0.39, 0.29) is 38.2 Å². The van der Waals surface area contributed by atoms with Crippen LogP contribution in [0.4, 0.5) is 0 Å². The van der Waals surface area contributed by atoms with E-state index in [1.807, 2.05) is 0 Å². The zero-order valence-corrected chi connectivity index (χ0v) is 10.4. The molecule has 0 heterocycles. The van der Waals surface area contributed by atoms with Crippen LogP contribution >= 0.6 is 26.1 Å². The summed E-state index contributed by atoms with van der Waals surface area (Å²) in [6.07, 6.45) is 0. The zero-order valence-electron chi connectivity index (χ0n) is 4.87. The summed E-state index contributed by atoms with van der Waals surface area (Å²) < 4.78 is 25.0. The van der Waals surface area contributed by atoms with Gasteiger partial charge in [-0.05, 0) is 0 Å². The van der Waals surface area contributed by atoms with Crippen molar-refractivity contribution in [3.05, 3.63) is 0 Å². The summed E-state index contributed by atoms with van der Waals surface area (Å²) in [6, 6.07) is 0. The first-order chi connectivity index (χ1) is 4.24. The number of hydrogen-bond donors (Lipinski definition) is 0. The van der Waals surface area contributed by atoms with Crippen molar-refractivity contribution in [1.82, 2.24) is 0 Å². The molecule has 11 heavy (non-hydrogen) atoms. The summed E-state index contributed by atoms with van der Waals surface area (Å²) in [6.45, 7) is 0. The van der Waals surface area contributed by atoms with Gasteiger partial charge in [0.05, 0.1) is 26.1 Å². The van der Waals surface area contributed by atoms with Crippen LogP contribution in [0.1, 0.15) is 0 Å². The first kappa shape index (κ1) is 29.5. The average molecular weight is 296 g/mol. The van der Waals surface area contributed by atoms with E-state index in [1.165, 1.54) is 0 Å². The summed E-state index contributed by atoms with van der Waals surface area (Å²) in [7, 11) is -3.25. The van der Waals surface area contributed by atoms with E-state index in [2.05, 4.69) is 0 Å². The summed E-state index contributed by atoms with van der Waals surface area (Å²) in [5, 5.41) is 0. The van der Waals surface area contributed by atoms with Crippen LogP contribution in [0.25, 0.3) is 0 Å². The Bertz CT molecular complexity index is 50.4. The van der Waals surface area contributed by atoms with Gasteiger partial charge in [0, 0.05) is 0 Å². The van der Waals surface area contributed by atoms with Gasteiger partial charge in [-0.25, -0.2) is 0 Å². The molecule has 0 aromatic rings. The van der Waals surface area contributed by atoms with Crippen molar-refractivity contribution in [3.63, 3.8) is 0 Å². The van der Waals surface area contributed by atoms with E-state index in [0.717, 1.165) is 0 Å². The largest absolute Gasteiger partial charge is 3.00 e. The molecule has 0 saturated heterocycles. The summed E-state index contributed by atoms with van der Waals surface area (Å²) in [5.41, 5.74) is 0. The minimum atomic E-state index is -1.08. The quantitative estimate of drug-likeness (QED) is 0.464. The van der Waals surface area contributed by atoms with Crippen LogP contribution in [-0.4, -0.2) is 5.48 Å². The van der Waals surface area contributed by atoms with Crippen LogP contribution < -0.4 is 14.7 Å². The molecule has 0 fully saturated rings. The van der Waals surface area contributed by atoms with Gasteiger partial charge in [0.1, 0.15) is 0 Å². The third-order valence-corrected chi connectivity index (χ3v) is 0. The van der Waals surface area contributed by atoms with Gasteiger partial charge >= 0.3 is 32.7 Å². The Labute approximate surface area is 92.3 Å². The second kappa shape index (κ2) is 65.5. The van der Waals surface area contributed by atoms with Crippen molar-refractivity contribution in [2.45, 2.75) is 0 Å². The Balaban J connectivity index is -0.0000000150. The molecule has 0 amide bonds. The fraction of sp³-hybridized carbons (Fsp3) is 0. The van der Waals surface area contributed by atoms with Crippen LogP contribution in [0.2, 0.25) is 0 Å². The fourth-order valence-corrected chi connectivity index (χ4v) is 0. The molecule has 0 aromatic carbocycles. The Morgan fingerprint density at radius 2 is 0.727 bits per heavy atom. The molecule has 0 aliphatic rings. The van der Waals surface area contributed by atoms with Gasteiger partial charge < -0.3 is 20.2 Å². The maximum atomic E-state index is 8.35. The molecular weight excluding hydrogens is 294 g/mol. The SMILES string of the molecule is O.O=P[O-].O=P[O-].O=P[O-].[Y+3]. The van der Waals surface area contributed by atoms with E-state index in [4.69, 9.17) is 28.4 Å². The Hall–Kier alpha value is 1.24. The minimum Gasteiger partial charge on any atom is -0.772 e. The van der Waals surface area contributed by atoms with Crippen molar-refractivity contribution < 1.29 is 66.6 Å². The average Bonchev–Trinajstić information content (AvgIpc) is 1.70. The van der Waals surface area contributed by atoms with Gasteiger partial charge in [-0.2, -0.15) is 0 Å². The second-order valence-corrected chi connectivity index (χ2v) is 0.671. The third kappa shape index (κ3) is 621. The van der Waals surface area contributed by atoms with E-state index in [9.17, 15) is 0 Å². The van der Waals surface area contributed by atoms with Crippen molar-refractivity contribution >= 4 is 26.1 Å². The Morgan fingerprint density at radius 1 is 0.727 bits per heavy atom. The molecule has 0 saturated carbocycles. The van der Waals surface area contributed by atoms with Crippen molar-refractivity contribution in [3.8, 4) is 0 Å². The normalized spacial score (nSPS) is 5.73. The second-order valence-electron chi connectivity index (χ2n) is 0.224. The number of rotatable bonds is 0. The molecule has 0 spiro atoms. The van der Waals surface area contributed by atoms with Gasteiger partial charge in [-0.3, -0.25) is 13.7 Å². The van der Waals surface area contributed by atoms with Crippen LogP contribution in [0, 0.1) is 0 Å². The predicted octanol–water partition coefficient (Wildman–Crippen LogP) is -2.17. The molecule has 0 aromatic heterocycles. The monoisotopic (exact) mass is 296 g/mol. The standard InChI is InChI=1S/3HO2P.H2O.Y/c3*1-3-2;;/h3*(H,1,2);1H2;/q;;;;+3/p-3. The van der Waals surface area contributed by atoms with E-state index in [1.54, 1.807) is 0 Å². The van der Waals surface area contributed by atoms with Gasteiger partial charge in [0.2, 0.25) is 0 Å². The minimum absolute atomic E-state index is 0. The maximum absolute atomic E-state index is 8.35. The summed E-state index contributed by atoms with van der Waals surface area (Å²) in [5.74, 6) is 0. The third-order valence-electron chi connectivity index (χ3n) is 0. The van der Waals surface area contributed by atoms with E-state index >= 15 is 0 Å². The smallest absolute Gasteiger partial charge is 0.772 e.